The third kappa shape index (κ3) is 6.00. The predicted molar refractivity (Wildman–Crippen MR) is 299 cm³/mol. The van der Waals surface area contributed by atoms with Crippen LogP contribution in [0.4, 0.5) is 0 Å². The van der Waals surface area contributed by atoms with Crippen LogP contribution in [-0.4, -0.2) is 33.2 Å². The molecular formula is C65H49N7. The largest absolute Gasteiger partial charge is 0.308 e. The van der Waals surface area contributed by atoms with Gasteiger partial charge in [-0.05, 0) is 84.7 Å². The number of hydrogen-bond acceptors (Lipinski definition) is 3. The second-order valence-electron chi connectivity index (χ2n) is 20.0. The van der Waals surface area contributed by atoms with Crippen molar-refractivity contribution >= 4 is 92.9 Å². The van der Waals surface area contributed by atoms with E-state index in [0.29, 0.717) is 17.8 Å². The van der Waals surface area contributed by atoms with Crippen LogP contribution in [0.1, 0.15) is 44.9 Å². The first kappa shape index (κ1) is 41.0. The zero-order valence-corrected chi connectivity index (χ0v) is 40.1. The molecule has 3 unspecified atom stereocenters. The normalized spacial score (nSPS) is 18.2. The number of hydrogen-bond donors (Lipinski definition) is 0. The van der Waals surface area contributed by atoms with Crippen LogP contribution in [0.2, 0.25) is 0 Å². The summed E-state index contributed by atoms with van der Waals surface area (Å²) in [4.78, 5) is 17.2. The van der Waals surface area contributed by atoms with Gasteiger partial charge < -0.3 is 9.13 Å². The molecule has 7 nitrogen and oxygen atoms in total. The Labute approximate surface area is 416 Å². The number of aromatic nitrogens is 7. The summed E-state index contributed by atoms with van der Waals surface area (Å²) in [6.45, 7) is 4.60. The van der Waals surface area contributed by atoms with Gasteiger partial charge in [-0.3, -0.25) is 9.13 Å². The van der Waals surface area contributed by atoms with Crippen LogP contribution in [0.3, 0.4) is 0 Å². The maximum absolute atomic E-state index is 5.80. The molecule has 5 aromatic heterocycles. The lowest BCUT2D eigenvalue weighted by Gasteiger charge is -2.24. The summed E-state index contributed by atoms with van der Waals surface area (Å²) in [5, 5.41) is 9.35. The molecule has 12 aromatic rings. The topological polar surface area (TPSA) is 58.4 Å². The van der Waals surface area contributed by atoms with E-state index in [-0.39, 0.29) is 11.8 Å². The number of rotatable bonds is 6. The summed E-state index contributed by atoms with van der Waals surface area (Å²) in [5.74, 6) is 2.37. The first-order chi connectivity index (χ1) is 35.6. The van der Waals surface area contributed by atoms with Gasteiger partial charge in [-0.2, -0.15) is 15.0 Å². The molecule has 0 saturated heterocycles. The number of fused-ring (bicyclic) bond motifs is 14. The maximum atomic E-state index is 5.80. The molecule has 344 valence electrons. The van der Waals surface area contributed by atoms with E-state index in [9.17, 15) is 0 Å². The molecule has 0 saturated carbocycles. The average Bonchev–Trinajstić information content (AvgIpc) is 4.16. The average molecular weight is 928 g/mol. The molecule has 3 atom stereocenters. The molecule has 15 rings (SSSR count). The lowest BCUT2D eigenvalue weighted by molar-refractivity contribution is 0.590. The molecule has 0 aliphatic heterocycles. The second-order valence-corrected chi connectivity index (χ2v) is 20.0. The van der Waals surface area contributed by atoms with Gasteiger partial charge in [-0.1, -0.05) is 178 Å². The van der Waals surface area contributed by atoms with E-state index in [1.807, 2.05) is 0 Å². The van der Waals surface area contributed by atoms with Crippen LogP contribution in [0.15, 0.2) is 217 Å². The Morgan fingerprint density at radius 2 is 0.903 bits per heavy atom. The minimum atomic E-state index is -0.124. The Bertz CT molecular complexity index is 4460. The van der Waals surface area contributed by atoms with E-state index in [4.69, 9.17) is 15.0 Å². The SMILES string of the molecule is CC1C=C(C2=CC(C)C(c3nc(-n4c5ccccc5c5ccc6c7ccccc7n(C7=CCCC=C7)c6c54)nc(-n4c5ccccc5c5ccc6c7ccccc7n(-c7ccccc7)c6c54)n3)C=C2)C=CC1. The lowest BCUT2D eigenvalue weighted by Crippen LogP contribution is -2.18. The second kappa shape index (κ2) is 15.9. The van der Waals surface area contributed by atoms with Crippen LogP contribution >= 0.6 is 0 Å². The van der Waals surface area contributed by atoms with E-state index in [2.05, 4.69) is 238 Å². The number of benzene rings is 7. The van der Waals surface area contributed by atoms with Crippen molar-refractivity contribution in [2.45, 2.75) is 39.0 Å². The highest BCUT2D eigenvalue weighted by Crippen LogP contribution is 2.45. The van der Waals surface area contributed by atoms with Gasteiger partial charge in [0.2, 0.25) is 11.9 Å². The number of nitrogens with zero attached hydrogens (tertiary/aromatic N) is 7. The van der Waals surface area contributed by atoms with Crippen LogP contribution in [0.5, 0.6) is 0 Å². The third-order valence-corrected chi connectivity index (χ3v) is 15.6. The monoisotopic (exact) mass is 927 g/mol. The summed E-state index contributed by atoms with van der Waals surface area (Å²) in [6.07, 6.45) is 24.1. The third-order valence-electron chi connectivity index (χ3n) is 15.6. The Balaban J connectivity index is 1.08. The van der Waals surface area contributed by atoms with E-state index in [0.717, 1.165) is 90.9 Å². The first-order valence-electron chi connectivity index (χ1n) is 25.5. The predicted octanol–water partition coefficient (Wildman–Crippen LogP) is 16.2. The van der Waals surface area contributed by atoms with Crippen molar-refractivity contribution in [2.24, 2.45) is 11.8 Å². The van der Waals surface area contributed by atoms with E-state index >= 15 is 0 Å². The molecule has 7 heteroatoms. The van der Waals surface area contributed by atoms with Crippen LogP contribution < -0.4 is 0 Å². The molecule has 3 aliphatic carbocycles. The zero-order chi connectivity index (χ0) is 47.6. The molecule has 0 amide bonds. The highest BCUT2D eigenvalue weighted by atomic mass is 15.3. The van der Waals surface area contributed by atoms with Crippen molar-refractivity contribution in [3.63, 3.8) is 0 Å². The van der Waals surface area contributed by atoms with Crippen molar-refractivity contribution in [1.29, 1.82) is 0 Å². The summed E-state index contributed by atoms with van der Waals surface area (Å²) >= 11 is 0. The minimum absolute atomic E-state index is 0.0996. The summed E-state index contributed by atoms with van der Waals surface area (Å²) < 4.78 is 9.57. The zero-order valence-electron chi connectivity index (χ0n) is 40.1. The molecule has 72 heavy (non-hydrogen) atoms. The molecular weight excluding hydrogens is 879 g/mol. The van der Waals surface area contributed by atoms with Gasteiger partial charge in [0.1, 0.15) is 5.82 Å². The van der Waals surface area contributed by atoms with Gasteiger partial charge in [0, 0.05) is 60.4 Å². The van der Waals surface area contributed by atoms with Gasteiger partial charge in [-0.15, -0.1) is 0 Å². The van der Waals surface area contributed by atoms with Gasteiger partial charge >= 0.3 is 0 Å². The fourth-order valence-corrected chi connectivity index (χ4v) is 12.4. The quantitative estimate of drug-likeness (QED) is 0.167. The highest BCUT2D eigenvalue weighted by molar-refractivity contribution is 6.25. The minimum Gasteiger partial charge on any atom is -0.308 e. The molecule has 7 aromatic carbocycles. The van der Waals surface area contributed by atoms with Gasteiger partial charge in [0.05, 0.1) is 44.1 Å². The lowest BCUT2D eigenvalue weighted by atomic mass is 9.83. The van der Waals surface area contributed by atoms with E-state index in [1.165, 1.54) is 43.9 Å². The van der Waals surface area contributed by atoms with Crippen LogP contribution in [-0.2, 0) is 0 Å². The summed E-state index contributed by atoms with van der Waals surface area (Å²) in [7, 11) is 0. The van der Waals surface area contributed by atoms with Gasteiger partial charge in [0.25, 0.3) is 0 Å². The Morgan fingerprint density at radius 3 is 1.43 bits per heavy atom. The molecule has 0 fully saturated rings. The molecule has 3 aliphatic rings. The highest BCUT2D eigenvalue weighted by Gasteiger charge is 2.30. The van der Waals surface area contributed by atoms with Gasteiger partial charge in [0.15, 0.2) is 0 Å². The van der Waals surface area contributed by atoms with Crippen molar-refractivity contribution in [3.8, 4) is 17.6 Å². The summed E-state index contributed by atoms with van der Waals surface area (Å²) in [6, 6.07) is 55.1. The molecule has 0 N–H and O–H groups in total. The fraction of sp³-hybridized carbons (Fsp3) is 0.123. The van der Waals surface area contributed by atoms with Crippen LogP contribution in [0, 0.1) is 11.8 Å². The smallest absolute Gasteiger partial charge is 0.239 e. The first-order valence-corrected chi connectivity index (χ1v) is 25.5. The van der Waals surface area contributed by atoms with E-state index < -0.39 is 0 Å². The molecule has 0 spiro atoms. The summed E-state index contributed by atoms with van der Waals surface area (Å²) in [5.41, 5.74) is 13.6. The standard InChI is InChI=1S/C65H49N7/c1-40-18-17-19-42(38-40)43-32-33-46(41(2)39-43)63-66-64(71-57-30-15-11-26-49(57)53-36-34-51-47-24-9-13-28-55(47)69(59(51)61(53)71)44-20-5-3-6-21-44)68-65(67-63)72-58-31-16-12-27-50(58)54-37-35-52-48-25-10-14-29-56(48)70(60(52)62(54)72)45-22-7-4-8-23-45/h3,5-7,9-17,19-41,46H,4,8,18H2,1-2H3. The van der Waals surface area contributed by atoms with E-state index in [1.54, 1.807) is 0 Å². The Hall–Kier alpha value is -8.81. The van der Waals surface area contributed by atoms with Gasteiger partial charge in [-0.25, -0.2) is 0 Å². The Morgan fingerprint density at radius 1 is 0.417 bits per heavy atom. The Kier molecular flexibility index (Phi) is 9.03. The molecule has 0 bridgehead atoms. The maximum Gasteiger partial charge on any atom is 0.239 e. The van der Waals surface area contributed by atoms with Crippen molar-refractivity contribution in [3.05, 3.63) is 223 Å². The number of para-hydroxylation sites is 5. The molecule has 0 radical (unpaired) electrons. The van der Waals surface area contributed by atoms with Crippen molar-refractivity contribution < 1.29 is 0 Å². The van der Waals surface area contributed by atoms with Crippen LogP contribution in [0.25, 0.3) is 111 Å². The van der Waals surface area contributed by atoms with Crippen molar-refractivity contribution in [1.82, 2.24) is 33.2 Å². The van der Waals surface area contributed by atoms with Crippen molar-refractivity contribution in [2.75, 3.05) is 0 Å². The molecule has 5 heterocycles. The number of allylic oxidation sites excluding steroid dienone is 12. The fourth-order valence-electron chi connectivity index (χ4n) is 12.4.